The number of nitrogens with zero attached hydrogens (tertiary/aromatic N) is 1. The molecule has 0 aliphatic carbocycles. The molecule has 0 N–H and O–H groups in total. The highest BCUT2D eigenvalue weighted by molar-refractivity contribution is 14.1. The van der Waals surface area contributed by atoms with Crippen molar-refractivity contribution >= 4 is 28.6 Å². The zero-order chi connectivity index (χ0) is 14.3. The summed E-state index contributed by atoms with van der Waals surface area (Å²) < 4.78 is 6.36. The third-order valence-electron chi connectivity index (χ3n) is 5.11. The lowest BCUT2D eigenvalue weighted by Gasteiger charge is -2.43. The number of carbonyl (C=O) groups is 1. The van der Waals surface area contributed by atoms with Gasteiger partial charge < -0.3 is 9.64 Å². The minimum Gasteiger partial charge on any atom is -0.468 e. The Labute approximate surface area is 133 Å². The fourth-order valence-corrected chi connectivity index (χ4v) is 4.51. The van der Waals surface area contributed by atoms with Gasteiger partial charge in [0.2, 0.25) is 0 Å². The number of hydrogen-bond acceptors (Lipinski definition) is 3. The molecule has 2 atom stereocenters. The Hall–Kier alpha value is -0.620. The molecule has 4 heteroatoms. The molecule has 2 fully saturated rings. The average molecular weight is 385 g/mol. The van der Waals surface area contributed by atoms with Crippen molar-refractivity contribution in [1.29, 1.82) is 0 Å². The second-order valence-electron chi connectivity index (χ2n) is 6.04. The van der Waals surface area contributed by atoms with E-state index in [0.29, 0.717) is 12.1 Å². The molecule has 2 unspecified atom stereocenters. The Morgan fingerprint density at radius 1 is 1.35 bits per heavy atom. The predicted octanol–water partition coefficient (Wildman–Crippen LogP) is 2.96. The molecule has 108 valence electrons. The van der Waals surface area contributed by atoms with Crippen LogP contribution in [0.25, 0.3) is 0 Å². The fourth-order valence-electron chi connectivity index (χ4n) is 3.97. The van der Waals surface area contributed by atoms with Gasteiger partial charge in [0, 0.05) is 15.7 Å². The Balaban J connectivity index is 2.05. The monoisotopic (exact) mass is 385 g/mol. The van der Waals surface area contributed by atoms with Gasteiger partial charge in [0.15, 0.2) is 0 Å². The number of hydrogen-bond donors (Lipinski definition) is 0. The third kappa shape index (κ3) is 2.17. The van der Waals surface area contributed by atoms with Crippen LogP contribution in [0.3, 0.4) is 0 Å². The number of carbonyl (C=O) groups excluding carboxylic acids is 1. The van der Waals surface area contributed by atoms with Gasteiger partial charge in [-0.1, -0.05) is 12.1 Å². The van der Waals surface area contributed by atoms with Gasteiger partial charge in [0.25, 0.3) is 0 Å². The molecule has 2 heterocycles. The van der Waals surface area contributed by atoms with Crippen LogP contribution in [-0.4, -0.2) is 37.1 Å². The number of piperidine rings is 1. The van der Waals surface area contributed by atoms with Crippen LogP contribution in [0, 0.1) is 3.57 Å². The van der Waals surface area contributed by atoms with E-state index in [2.05, 4.69) is 52.7 Å². The molecule has 0 amide bonds. The summed E-state index contributed by atoms with van der Waals surface area (Å²) in [5.41, 5.74) is 0.676. The van der Waals surface area contributed by atoms with Gasteiger partial charge in [-0.25, -0.2) is 0 Å². The van der Waals surface area contributed by atoms with Crippen LogP contribution in [0.2, 0.25) is 0 Å². The van der Waals surface area contributed by atoms with E-state index in [0.717, 1.165) is 18.4 Å². The number of rotatable bonds is 2. The van der Waals surface area contributed by atoms with E-state index in [4.69, 9.17) is 4.74 Å². The molecule has 2 bridgehead atoms. The van der Waals surface area contributed by atoms with Gasteiger partial charge in [-0.2, -0.15) is 0 Å². The van der Waals surface area contributed by atoms with E-state index in [1.54, 1.807) is 0 Å². The third-order valence-corrected chi connectivity index (χ3v) is 5.78. The Morgan fingerprint density at radius 3 is 2.55 bits per heavy atom. The summed E-state index contributed by atoms with van der Waals surface area (Å²) in [6.07, 6.45) is 4.16. The van der Waals surface area contributed by atoms with Crippen molar-refractivity contribution in [3.63, 3.8) is 0 Å². The minimum absolute atomic E-state index is 0.0653. The number of methoxy groups -OCH3 is 1. The molecule has 2 aliphatic heterocycles. The highest BCUT2D eigenvalue weighted by Crippen LogP contribution is 2.47. The van der Waals surface area contributed by atoms with Crippen LogP contribution in [0.15, 0.2) is 24.3 Å². The average Bonchev–Trinajstić information content (AvgIpc) is 2.67. The maximum atomic E-state index is 12.6. The molecule has 0 aromatic heterocycles. The smallest absolute Gasteiger partial charge is 0.316 e. The maximum Gasteiger partial charge on any atom is 0.316 e. The van der Waals surface area contributed by atoms with Gasteiger partial charge in [-0.3, -0.25) is 4.79 Å². The van der Waals surface area contributed by atoms with Gasteiger partial charge in [-0.05, 0) is 73.0 Å². The number of benzene rings is 1. The van der Waals surface area contributed by atoms with Crippen LogP contribution in [0.4, 0.5) is 0 Å². The standard InChI is InChI=1S/C16H20INO2/c1-18-13-6-7-14(18)10-16(9-13,15(19)20-2)11-4-3-5-12(17)8-11/h3-5,8,13-14H,6-7,9-10H2,1-2H3. The van der Waals surface area contributed by atoms with Crippen LogP contribution in [0.5, 0.6) is 0 Å². The highest BCUT2D eigenvalue weighted by atomic mass is 127. The first-order valence-corrected chi connectivity index (χ1v) is 8.21. The largest absolute Gasteiger partial charge is 0.468 e. The summed E-state index contributed by atoms with van der Waals surface area (Å²) in [5, 5.41) is 0. The summed E-state index contributed by atoms with van der Waals surface area (Å²) in [7, 11) is 3.70. The first-order valence-electron chi connectivity index (χ1n) is 7.13. The van der Waals surface area contributed by atoms with Crippen LogP contribution >= 0.6 is 22.6 Å². The van der Waals surface area contributed by atoms with Gasteiger partial charge in [0.05, 0.1) is 12.5 Å². The van der Waals surface area contributed by atoms with E-state index in [9.17, 15) is 4.79 Å². The molecule has 0 saturated carbocycles. The molecule has 0 radical (unpaired) electrons. The fraction of sp³-hybridized carbons (Fsp3) is 0.562. The highest BCUT2D eigenvalue weighted by Gasteiger charge is 2.52. The Bertz CT molecular complexity index is 517. The quantitative estimate of drug-likeness (QED) is 0.579. The lowest BCUT2D eigenvalue weighted by molar-refractivity contribution is -0.150. The van der Waals surface area contributed by atoms with Gasteiger partial charge in [-0.15, -0.1) is 0 Å². The first-order chi connectivity index (χ1) is 9.56. The Morgan fingerprint density at radius 2 is 2.00 bits per heavy atom. The van der Waals surface area contributed by atoms with Crippen molar-refractivity contribution in [1.82, 2.24) is 4.90 Å². The molecular formula is C16H20INO2. The number of halogens is 1. The van der Waals surface area contributed by atoms with E-state index < -0.39 is 5.41 Å². The number of esters is 1. The summed E-state index contributed by atoms with van der Waals surface area (Å²) >= 11 is 2.31. The SMILES string of the molecule is COC(=O)C1(c2cccc(I)c2)CC2CCC(C1)N2C. The summed E-state index contributed by atoms with van der Waals surface area (Å²) in [4.78, 5) is 15.0. The first kappa shape index (κ1) is 14.3. The van der Waals surface area contributed by atoms with Crippen molar-refractivity contribution in [2.24, 2.45) is 0 Å². The van der Waals surface area contributed by atoms with Crippen molar-refractivity contribution in [2.75, 3.05) is 14.2 Å². The van der Waals surface area contributed by atoms with Crippen LogP contribution < -0.4 is 0 Å². The van der Waals surface area contributed by atoms with Gasteiger partial charge in [0.1, 0.15) is 0 Å². The van der Waals surface area contributed by atoms with E-state index in [1.807, 2.05) is 6.07 Å². The molecule has 1 aromatic rings. The van der Waals surface area contributed by atoms with E-state index in [1.165, 1.54) is 23.5 Å². The maximum absolute atomic E-state index is 12.6. The molecule has 3 rings (SSSR count). The Kier molecular flexibility index (Phi) is 3.79. The predicted molar refractivity (Wildman–Crippen MR) is 86.7 cm³/mol. The number of ether oxygens (including phenoxy) is 1. The normalized spacial score (nSPS) is 33.1. The summed E-state index contributed by atoms with van der Waals surface area (Å²) in [6.45, 7) is 0. The molecular weight excluding hydrogens is 365 g/mol. The molecule has 2 saturated heterocycles. The minimum atomic E-state index is -0.450. The lowest BCUT2D eigenvalue weighted by atomic mass is 9.70. The summed E-state index contributed by atoms with van der Waals surface area (Å²) in [5.74, 6) is -0.0653. The van der Waals surface area contributed by atoms with Gasteiger partial charge >= 0.3 is 5.97 Å². The zero-order valence-electron chi connectivity index (χ0n) is 11.9. The number of fused-ring (bicyclic) bond motifs is 2. The van der Waals surface area contributed by atoms with E-state index in [-0.39, 0.29) is 5.97 Å². The van der Waals surface area contributed by atoms with Crippen molar-refractivity contribution in [3.05, 3.63) is 33.4 Å². The topological polar surface area (TPSA) is 29.5 Å². The molecule has 2 aliphatic rings. The van der Waals surface area contributed by atoms with Crippen molar-refractivity contribution in [2.45, 2.75) is 43.2 Å². The molecule has 0 spiro atoms. The zero-order valence-corrected chi connectivity index (χ0v) is 14.1. The lowest BCUT2D eigenvalue weighted by Crippen LogP contribution is -2.51. The molecule has 20 heavy (non-hydrogen) atoms. The van der Waals surface area contributed by atoms with E-state index >= 15 is 0 Å². The van der Waals surface area contributed by atoms with Crippen LogP contribution in [-0.2, 0) is 14.9 Å². The summed E-state index contributed by atoms with van der Waals surface area (Å²) in [6, 6.07) is 9.35. The molecule has 3 nitrogen and oxygen atoms in total. The van der Waals surface area contributed by atoms with Crippen LogP contribution in [0.1, 0.15) is 31.2 Å². The second kappa shape index (κ2) is 5.30. The van der Waals surface area contributed by atoms with Crippen molar-refractivity contribution < 1.29 is 9.53 Å². The molecule has 1 aromatic carbocycles. The second-order valence-corrected chi connectivity index (χ2v) is 7.29. The van der Waals surface area contributed by atoms with Crippen molar-refractivity contribution in [3.8, 4) is 0 Å².